The molecule has 0 unspecified atom stereocenters. The average Bonchev–Trinajstić information content (AvgIpc) is 3.13. The molecular formula is C19H23ClN6O4S. The first-order valence-corrected chi connectivity index (χ1v) is 11.7. The third-order valence-corrected chi connectivity index (χ3v) is 5.40. The number of Topliss-reactive ketones (excluding diaryl/α,β-unsaturated/α-hetero) is 1. The lowest BCUT2D eigenvalue weighted by molar-refractivity contribution is -0.119. The first kappa shape index (κ1) is 22.9. The first-order chi connectivity index (χ1) is 14.7. The Morgan fingerprint density at radius 3 is 2.81 bits per heavy atom. The van der Waals surface area contributed by atoms with E-state index in [1.807, 2.05) is 0 Å². The highest BCUT2D eigenvalue weighted by atomic mass is 35.5. The van der Waals surface area contributed by atoms with Crippen molar-refractivity contribution in [3.63, 3.8) is 0 Å². The second-order valence-electron chi connectivity index (χ2n) is 6.97. The number of carbonyl (C=O) groups is 1. The van der Waals surface area contributed by atoms with E-state index in [0.717, 1.165) is 11.6 Å². The summed E-state index contributed by atoms with van der Waals surface area (Å²) in [6.45, 7) is 1.93. The molecule has 0 aliphatic heterocycles. The maximum atomic E-state index is 12.4. The summed E-state index contributed by atoms with van der Waals surface area (Å²) in [5.41, 5.74) is 1.34. The number of anilines is 1. The number of ether oxygens (including phenoxy) is 1. The van der Waals surface area contributed by atoms with Crippen LogP contribution >= 0.6 is 11.6 Å². The van der Waals surface area contributed by atoms with Crippen LogP contribution in [-0.2, 0) is 14.8 Å². The van der Waals surface area contributed by atoms with E-state index in [4.69, 9.17) is 16.3 Å². The van der Waals surface area contributed by atoms with Gasteiger partial charge in [-0.3, -0.25) is 4.79 Å². The van der Waals surface area contributed by atoms with Crippen molar-refractivity contribution in [3.05, 3.63) is 29.5 Å². The maximum absolute atomic E-state index is 12.4. The molecule has 0 aliphatic rings. The summed E-state index contributed by atoms with van der Waals surface area (Å²) in [5, 5.41) is 4.31. The molecule has 1 atom stereocenters. The van der Waals surface area contributed by atoms with Gasteiger partial charge < -0.3 is 15.0 Å². The van der Waals surface area contributed by atoms with Gasteiger partial charge >= 0.3 is 0 Å². The number of pyridine rings is 1. The number of nitrogens with one attached hydrogen (secondary N) is 3. The molecule has 0 saturated carbocycles. The second-order valence-corrected chi connectivity index (χ2v) is 9.24. The Labute approximate surface area is 184 Å². The summed E-state index contributed by atoms with van der Waals surface area (Å²) in [7, 11) is -1.77. The lowest BCUT2D eigenvalue weighted by atomic mass is 10.1. The molecule has 12 heteroatoms. The number of hydrogen-bond donors (Lipinski definition) is 3. The van der Waals surface area contributed by atoms with Gasteiger partial charge in [-0.15, -0.1) is 0 Å². The molecule has 3 heterocycles. The van der Waals surface area contributed by atoms with Gasteiger partial charge in [-0.1, -0.05) is 11.6 Å². The number of ketones is 1. The third kappa shape index (κ3) is 6.12. The number of carbonyl (C=O) groups excluding carboxylic acids is 1. The number of hydrogen-bond acceptors (Lipinski definition) is 8. The molecule has 0 aliphatic carbocycles. The van der Waals surface area contributed by atoms with Crippen LogP contribution in [0.25, 0.3) is 22.4 Å². The number of methoxy groups -OCH3 is 1. The van der Waals surface area contributed by atoms with Crippen LogP contribution in [0.5, 0.6) is 5.88 Å². The van der Waals surface area contributed by atoms with Gasteiger partial charge in [0.1, 0.15) is 11.5 Å². The fraction of sp³-hybridized carbons (Fsp3) is 0.368. The van der Waals surface area contributed by atoms with Crippen LogP contribution in [0.4, 0.5) is 5.82 Å². The molecule has 3 rings (SSSR count). The minimum absolute atomic E-state index is 0.0718. The van der Waals surface area contributed by atoms with E-state index in [2.05, 4.69) is 30.0 Å². The summed E-state index contributed by atoms with van der Waals surface area (Å²) in [6, 6.07) is 2.82. The second kappa shape index (κ2) is 9.58. The summed E-state index contributed by atoms with van der Waals surface area (Å²) in [6.07, 6.45) is 4.98. The van der Waals surface area contributed by atoms with Crippen molar-refractivity contribution in [2.75, 3.05) is 25.2 Å². The minimum Gasteiger partial charge on any atom is -0.481 e. The monoisotopic (exact) mass is 466 g/mol. The molecule has 0 spiro atoms. The molecule has 0 radical (unpaired) electrons. The van der Waals surface area contributed by atoms with Crippen molar-refractivity contribution < 1.29 is 17.9 Å². The Morgan fingerprint density at radius 2 is 2.10 bits per heavy atom. The number of rotatable bonds is 10. The van der Waals surface area contributed by atoms with Gasteiger partial charge in [0, 0.05) is 42.4 Å². The van der Waals surface area contributed by atoms with Gasteiger partial charge in [0.05, 0.1) is 24.4 Å². The van der Waals surface area contributed by atoms with Gasteiger partial charge in [-0.25, -0.2) is 23.1 Å². The zero-order valence-electron chi connectivity index (χ0n) is 17.3. The van der Waals surface area contributed by atoms with Crippen molar-refractivity contribution in [1.82, 2.24) is 24.7 Å². The molecular weight excluding hydrogens is 444 g/mol. The molecule has 0 amide bonds. The lowest BCUT2D eigenvalue weighted by Gasteiger charge is -2.15. The number of sulfonamides is 1. The Bertz CT molecular complexity index is 1200. The summed E-state index contributed by atoms with van der Waals surface area (Å²) in [5.74, 6) is 1.06. The molecule has 0 saturated heterocycles. The molecule has 3 N–H and O–H groups in total. The Balaban J connectivity index is 1.76. The molecule has 3 aromatic heterocycles. The van der Waals surface area contributed by atoms with Gasteiger partial charge in [-0.2, -0.15) is 4.98 Å². The van der Waals surface area contributed by atoms with Crippen molar-refractivity contribution >= 4 is 44.3 Å². The highest BCUT2D eigenvalue weighted by Crippen LogP contribution is 2.29. The van der Waals surface area contributed by atoms with Gasteiger partial charge in [0.25, 0.3) is 0 Å². The maximum Gasteiger partial charge on any atom is 0.218 e. The molecule has 0 bridgehead atoms. The first-order valence-electron chi connectivity index (χ1n) is 9.46. The van der Waals surface area contributed by atoms with Crippen molar-refractivity contribution in [1.29, 1.82) is 0 Å². The smallest absolute Gasteiger partial charge is 0.218 e. The highest BCUT2D eigenvalue weighted by Gasteiger charge is 2.17. The van der Waals surface area contributed by atoms with E-state index in [-0.39, 0.29) is 18.7 Å². The van der Waals surface area contributed by atoms with Crippen molar-refractivity contribution in [2.24, 2.45) is 0 Å². The van der Waals surface area contributed by atoms with Crippen LogP contribution in [0.1, 0.15) is 19.8 Å². The standard InChI is InChI=1S/C19H23ClN6O4S/c1-11(15(27)5-4-6-23-31(3,28)29)24-16-8-17(30-2)26-19(25-16)14-10-22-18-13(14)7-12(20)9-21-18/h7-11,23H,4-6H2,1-3H3,(H,21,22)(H,24,25,26)/t11-/m0/s1. The van der Waals surface area contributed by atoms with Crippen LogP contribution in [-0.4, -0.2) is 60.1 Å². The fourth-order valence-electron chi connectivity index (χ4n) is 2.93. The van der Waals surface area contributed by atoms with E-state index in [1.54, 1.807) is 31.5 Å². The van der Waals surface area contributed by atoms with Crippen molar-refractivity contribution in [3.8, 4) is 17.3 Å². The Hall–Kier alpha value is -2.76. The zero-order valence-corrected chi connectivity index (χ0v) is 18.8. The van der Waals surface area contributed by atoms with E-state index in [9.17, 15) is 13.2 Å². The predicted molar refractivity (Wildman–Crippen MR) is 119 cm³/mol. The average molecular weight is 467 g/mol. The normalized spacial score (nSPS) is 12.6. The van der Waals surface area contributed by atoms with Gasteiger partial charge in [0.2, 0.25) is 15.9 Å². The molecule has 3 aromatic rings. The number of halogens is 1. The number of fused-ring (bicyclic) bond motifs is 1. The van der Waals surface area contributed by atoms with Crippen LogP contribution in [0.15, 0.2) is 24.5 Å². The Kier molecular flexibility index (Phi) is 7.08. The number of aromatic amines is 1. The van der Waals surface area contributed by atoms with Gasteiger partial charge in [-0.05, 0) is 19.4 Å². The quantitative estimate of drug-likeness (QED) is 0.387. The molecule has 31 heavy (non-hydrogen) atoms. The summed E-state index contributed by atoms with van der Waals surface area (Å²) >= 11 is 6.08. The Morgan fingerprint density at radius 1 is 1.32 bits per heavy atom. The fourth-order valence-corrected chi connectivity index (χ4v) is 3.60. The van der Waals surface area contributed by atoms with Crippen LogP contribution in [0, 0.1) is 0 Å². The van der Waals surface area contributed by atoms with E-state index in [0.29, 0.717) is 40.2 Å². The van der Waals surface area contributed by atoms with Crippen LogP contribution < -0.4 is 14.8 Å². The number of nitrogens with zero attached hydrogens (tertiary/aromatic N) is 3. The molecule has 10 nitrogen and oxygen atoms in total. The number of H-pyrrole nitrogens is 1. The molecule has 0 aromatic carbocycles. The summed E-state index contributed by atoms with van der Waals surface area (Å²) < 4.78 is 29.8. The predicted octanol–water partition coefficient (Wildman–Crippen LogP) is 2.38. The largest absolute Gasteiger partial charge is 0.481 e. The lowest BCUT2D eigenvalue weighted by Crippen LogP contribution is -2.28. The van der Waals surface area contributed by atoms with Crippen molar-refractivity contribution in [2.45, 2.75) is 25.8 Å². The van der Waals surface area contributed by atoms with E-state index in [1.165, 1.54) is 7.11 Å². The van der Waals surface area contributed by atoms with E-state index < -0.39 is 16.1 Å². The number of aromatic nitrogens is 4. The van der Waals surface area contributed by atoms with E-state index >= 15 is 0 Å². The zero-order chi connectivity index (χ0) is 22.6. The minimum atomic E-state index is -3.27. The van der Waals surface area contributed by atoms with Crippen LogP contribution in [0.2, 0.25) is 5.02 Å². The third-order valence-electron chi connectivity index (χ3n) is 4.46. The highest BCUT2D eigenvalue weighted by molar-refractivity contribution is 7.88. The molecule has 0 fully saturated rings. The topological polar surface area (TPSA) is 139 Å². The molecule has 166 valence electrons. The SMILES string of the molecule is COc1cc(N[C@@H](C)C(=O)CCCNS(C)(=O)=O)nc(-c2c[nH]c3ncc(Cl)cc23)n1. The summed E-state index contributed by atoms with van der Waals surface area (Å²) in [4.78, 5) is 28.6. The van der Waals surface area contributed by atoms with Gasteiger partial charge in [0.15, 0.2) is 11.6 Å². The van der Waals surface area contributed by atoms with Crippen LogP contribution in [0.3, 0.4) is 0 Å².